The van der Waals surface area contributed by atoms with E-state index in [1.807, 2.05) is 32.1 Å². The lowest BCUT2D eigenvalue weighted by Gasteiger charge is -2.33. The smallest absolute Gasteiger partial charge is 0.251 e. The molecule has 2 N–H and O–H groups in total. The van der Waals surface area contributed by atoms with Crippen LogP contribution in [-0.4, -0.2) is 64.9 Å². The lowest BCUT2D eigenvalue weighted by molar-refractivity contribution is -0.112. The molecule has 0 unspecified atom stereocenters. The highest BCUT2D eigenvalue weighted by Crippen LogP contribution is 2.42. The maximum absolute atomic E-state index is 13.1. The van der Waals surface area contributed by atoms with Gasteiger partial charge in [-0.15, -0.1) is 0 Å². The van der Waals surface area contributed by atoms with E-state index in [2.05, 4.69) is 19.2 Å². The number of hydrogen-bond donors (Lipinski definition) is 2. The van der Waals surface area contributed by atoms with Gasteiger partial charge in [-0.05, 0) is 37.8 Å². The van der Waals surface area contributed by atoms with Crippen LogP contribution in [-0.2, 0) is 19.0 Å². The maximum atomic E-state index is 13.1. The first-order valence-electron chi connectivity index (χ1n) is 13.4. The maximum Gasteiger partial charge on any atom is 0.251 e. The van der Waals surface area contributed by atoms with Crippen LogP contribution in [0.2, 0.25) is 0 Å². The monoisotopic (exact) mass is 545 g/mol. The molecule has 1 aromatic rings. The summed E-state index contributed by atoms with van der Waals surface area (Å²) in [6, 6.07) is 3.61. The molecule has 218 valence electrons. The molecule has 0 fully saturated rings. The van der Waals surface area contributed by atoms with Gasteiger partial charge in [0.2, 0.25) is 0 Å². The molecular weight excluding hydrogens is 498 g/mol. The molecule has 0 aliphatic carbocycles. The molecule has 1 aliphatic heterocycles. The second-order valence-electron chi connectivity index (χ2n) is 10.4. The van der Waals surface area contributed by atoms with Crippen LogP contribution in [0.4, 0.5) is 5.69 Å². The predicted molar refractivity (Wildman–Crippen MR) is 154 cm³/mol. The van der Waals surface area contributed by atoms with Gasteiger partial charge in [-0.25, -0.2) is 0 Å². The topological polar surface area (TPSA) is 95.5 Å². The second kappa shape index (κ2) is 15.2. The summed E-state index contributed by atoms with van der Waals surface area (Å²) < 4.78 is 29.3. The van der Waals surface area contributed by atoms with Crippen molar-refractivity contribution in [3.05, 3.63) is 53.1 Å². The fourth-order valence-electron chi connectivity index (χ4n) is 5.30. The minimum absolute atomic E-state index is 0.0250. The van der Waals surface area contributed by atoms with Crippen molar-refractivity contribution < 1.29 is 33.6 Å². The van der Waals surface area contributed by atoms with E-state index in [0.717, 1.165) is 11.1 Å². The van der Waals surface area contributed by atoms with Crippen molar-refractivity contribution in [3.63, 3.8) is 0 Å². The van der Waals surface area contributed by atoms with Gasteiger partial charge in [-0.2, -0.15) is 0 Å². The van der Waals surface area contributed by atoms with Gasteiger partial charge < -0.3 is 34.1 Å². The quantitative estimate of drug-likeness (QED) is 0.473. The summed E-state index contributed by atoms with van der Waals surface area (Å²) in [5, 5.41) is 13.9. The Bertz CT molecular complexity index is 1050. The van der Waals surface area contributed by atoms with Crippen LogP contribution in [0.15, 0.2) is 47.6 Å². The first-order chi connectivity index (χ1) is 18.5. The predicted octanol–water partition coefficient (Wildman–Crippen LogP) is 5.48. The first-order valence-corrected chi connectivity index (χ1v) is 13.4. The number of nitrogens with one attached hydrogen (secondary N) is 1. The van der Waals surface area contributed by atoms with Crippen molar-refractivity contribution in [2.24, 2.45) is 17.8 Å². The van der Waals surface area contributed by atoms with E-state index >= 15 is 0 Å². The zero-order valence-electron chi connectivity index (χ0n) is 25.1. The van der Waals surface area contributed by atoms with Crippen molar-refractivity contribution in [1.29, 1.82) is 0 Å². The third-order valence-electron chi connectivity index (χ3n) is 7.53. The molecule has 0 radical (unpaired) electrons. The highest BCUT2D eigenvalue weighted by Gasteiger charge is 2.33. The number of aliphatic hydroxyl groups is 1. The number of allylic oxidation sites excluding steroid dienone is 2. The minimum atomic E-state index is -0.679. The summed E-state index contributed by atoms with van der Waals surface area (Å²) in [6.45, 7) is 9.75. The van der Waals surface area contributed by atoms with Gasteiger partial charge in [0.1, 0.15) is 11.5 Å². The zero-order valence-corrected chi connectivity index (χ0v) is 25.1. The zero-order chi connectivity index (χ0) is 29.3. The van der Waals surface area contributed by atoms with Gasteiger partial charge in [-0.3, -0.25) is 4.79 Å². The highest BCUT2D eigenvalue weighted by molar-refractivity contribution is 6.04. The number of carbonyl (C=O) groups excluding carboxylic acids is 1. The Labute approximate surface area is 234 Å². The van der Waals surface area contributed by atoms with Crippen molar-refractivity contribution in [2.75, 3.05) is 40.9 Å². The highest BCUT2D eigenvalue weighted by atomic mass is 16.5. The third-order valence-corrected chi connectivity index (χ3v) is 7.53. The van der Waals surface area contributed by atoms with Crippen molar-refractivity contribution in [2.45, 2.75) is 65.5 Å². The molecule has 2 bridgehead atoms. The summed E-state index contributed by atoms with van der Waals surface area (Å²) >= 11 is 0. The molecule has 8 nitrogen and oxygen atoms in total. The van der Waals surface area contributed by atoms with Gasteiger partial charge in [0.15, 0.2) is 0 Å². The Kier molecular flexibility index (Phi) is 12.7. The summed E-state index contributed by atoms with van der Waals surface area (Å²) in [4.78, 5) is 13.1. The van der Waals surface area contributed by atoms with Crippen molar-refractivity contribution in [1.82, 2.24) is 0 Å². The number of methoxy groups -OCH3 is 5. The standard InChI is InChI=1S/C31H47NO7/c1-18-12-11-13-19(2)31(34)32-25-17-23(35-6)16-24(30(25)39-10)28(37-8)22(5)15-26(36-7)29(38-9)21(4)14-20(3)27(18)33/h11-14,16-18,21-22,26-29,33H,15H2,1-10H3,(H,32,34)/b12-11-,19-13+,20-14+/t18-,21-,22-,26-,27+,28+,29+/m0/s1. The number of hydrogen-bond acceptors (Lipinski definition) is 7. The van der Waals surface area contributed by atoms with Crippen molar-refractivity contribution in [3.8, 4) is 11.5 Å². The van der Waals surface area contributed by atoms with Crippen LogP contribution < -0.4 is 14.8 Å². The number of fused-ring (bicyclic) bond motifs is 2. The lowest BCUT2D eigenvalue weighted by atomic mass is 9.86. The van der Waals surface area contributed by atoms with Crippen LogP contribution in [0.25, 0.3) is 0 Å². The first kappa shape index (κ1) is 32.6. The molecule has 0 aromatic heterocycles. The lowest BCUT2D eigenvalue weighted by Crippen LogP contribution is -2.37. The Hall–Kier alpha value is -2.65. The average Bonchev–Trinajstić information content (AvgIpc) is 2.91. The molecule has 1 aliphatic rings. The van der Waals surface area contributed by atoms with Gasteiger partial charge in [-0.1, -0.05) is 45.1 Å². The molecule has 7 atom stereocenters. The molecule has 8 heteroatoms. The summed E-state index contributed by atoms with van der Waals surface area (Å²) in [5.41, 5.74) is 2.59. The largest absolute Gasteiger partial charge is 0.497 e. The molecular formula is C31H47NO7. The summed E-state index contributed by atoms with van der Waals surface area (Å²) in [5.74, 6) is 0.576. The molecule has 0 spiro atoms. The Morgan fingerprint density at radius 3 is 2.18 bits per heavy atom. The molecule has 1 amide bonds. The van der Waals surface area contributed by atoms with Gasteiger partial charge in [0, 0.05) is 50.4 Å². The van der Waals surface area contributed by atoms with Crippen LogP contribution in [0.5, 0.6) is 11.5 Å². The summed E-state index contributed by atoms with van der Waals surface area (Å²) in [7, 11) is 8.17. The van der Waals surface area contributed by atoms with Gasteiger partial charge in [0.05, 0.1) is 44.3 Å². The van der Waals surface area contributed by atoms with Gasteiger partial charge >= 0.3 is 0 Å². The van der Waals surface area contributed by atoms with E-state index in [1.165, 1.54) is 0 Å². The Morgan fingerprint density at radius 2 is 1.62 bits per heavy atom. The SMILES string of the molecule is COc1cc2c(OC)c(c1)[C@H](OC)[C@@H](C)C[C@H](OC)[C@H](OC)[C@@H](C)/C=C(\C)[C@H](O)[C@@H](C)/C=C\C=C(/C)C(=O)N2. The van der Waals surface area contributed by atoms with Crippen LogP contribution in [0.1, 0.15) is 52.7 Å². The number of aliphatic hydroxyl groups excluding tert-OH is 1. The van der Waals surface area contributed by atoms with E-state index < -0.39 is 12.2 Å². The molecule has 0 saturated heterocycles. The summed E-state index contributed by atoms with van der Waals surface area (Å²) in [6.07, 6.45) is 6.51. The Morgan fingerprint density at radius 1 is 0.923 bits per heavy atom. The van der Waals surface area contributed by atoms with E-state index in [4.69, 9.17) is 23.7 Å². The van der Waals surface area contributed by atoms with Crippen LogP contribution in [0, 0.1) is 17.8 Å². The number of carbonyl (C=O) groups is 1. The number of anilines is 1. The second-order valence-corrected chi connectivity index (χ2v) is 10.4. The van der Waals surface area contributed by atoms with Gasteiger partial charge in [0.25, 0.3) is 5.91 Å². The minimum Gasteiger partial charge on any atom is -0.497 e. The Balaban J connectivity index is 2.70. The van der Waals surface area contributed by atoms with E-state index in [1.54, 1.807) is 60.7 Å². The normalized spacial score (nSPS) is 32.8. The third kappa shape index (κ3) is 8.18. The molecule has 2 rings (SSSR count). The number of benzene rings is 1. The average molecular weight is 546 g/mol. The molecule has 0 saturated carbocycles. The van der Waals surface area contributed by atoms with E-state index in [9.17, 15) is 9.90 Å². The van der Waals surface area contributed by atoms with Crippen LogP contribution >= 0.6 is 0 Å². The number of amides is 1. The number of ether oxygens (including phenoxy) is 5. The van der Waals surface area contributed by atoms with Crippen molar-refractivity contribution >= 4 is 11.6 Å². The number of rotatable bonds is 5. The van der Waals surface area contributed by atoms with Crippen LogP contribution in [0.3, 0.4) is 0 Å². The molecule has 1 heterocycles. The van der Waals surface area contributed by atoms with E-state index in [0.29, 0.717) is 29.2 Å². The molecule has 39 heavy (non-hydrogen) atoms. The fraction of sp³-hybridized carbons (Fsp3) is 0.581. The molecule has 1 aromatic carbocycles. The van der Waals surface area contributed by atoms with E-state index in [-0.39, 0.29) is 35.9 Å². The fourth-order valence-corrected chi connectivity index (χ4v) is 5.30.